The van der Waals surface area contributed by atoms with E-state index in [1.54, 1.807) is 17.8 Å². The fourth-order valence-electron chi connectivity index (χ4n) is 1.86. The van der Waals surface area contributed by atoms with Crippen molar-refractivity contribution in [3.63, 3.8) is 0 Å². The Labute approximate surface area is 86.5 Å². The van der Waals surface area contributed by atoms with Crippen LogP contribution in [0.2, 0.25) is 0 Å². The molecule has 2 aliphatic rings. The van der Waals surface area contributed by atoms with Gasteiger partial charge in [0.1, 0.15) is 0 Å². The molecular formula is C12H8OS. The van der Waals surface area contributed by atoms with Crippen molar-refractivity contribution < 1.29 is 4.79 Å². The molecule has 1 unspecified atom stereocenters. The fourth-order valence-corrected chi connectivity index (χ4v) is 3.11. The third kappa shape index (κ3) is 1.01. The first-order valence-corrected chi connectivity index (χ1v) is 5.42. The molecule has 1 aromatic carbocycles. The van der Waals surface area contributed by atoms with E-state index >= 15 is 0 Å². The molecule has 1 atom stereocenters. The summed E-state index contributed by atoms with van der Waals surface area (Å²) in [5, 5.41) is 0.0115. The Kier molecular flexibility index (Phi) is 1.64. The lowest BCUT2D eigenvalue weighted by Gasteiger charge is -2.10. The number of fused-ring (bicyclic) bond motifs is 3. The fraction of sp³-hybridized carbons (Fsp3) is 0.0833. The van der Waals surface area contributed by atoms with Crippen LogP contribution in [0.4, 0.5) is 0 Å². The van der Waals surface area contributed by atoms with Crippen LogP contribution in [-0.2, 0) is 4.79 Å². The van der Waals surface area contributed by atoms with E-state index in [1.165, 1.54) is 10.5 Å². The molecule has 1 nitrogen and oxygen atoms in total. The molecule has 0 radical (unpaired) electrons. The van der Waals surface area contributed by atoms with Gasteiger partial charge in [-0.1, -0.05) is 30.4 Å². The molecule has 0 fully saturated rings. The van der Waals surface area contributed by atoms with Crippen molar-refractivity contribution >= 4 is 23.1 Å². The lowest BCUT2D eigenvalue weighted by molar-refractivity contribution is -0.113. The summed E-state index contributed by atoms with van der Waals surface area (Å²) in [4.78, 5) is 12.8. The van der Waals surface area contributed by atoms with Gasteiger partial charge in [0.2, 0.25) is 0 Å². The number of hydrogen-bond acceptors (Lipinski definition) is 2. The molecule has 0 amide bonds. The standard InChI is InChI=1S/C12H8OS/c13-10-6-3-5-9-8-4-1-2-7-11(8)14-12(9)10/h1-7,12H. The first-order chi connectivity index (χ1) is 6.86. The minimum absolute atomic E-state index is 0.0115. The molecule has 3 rings (SSSR count). The monoisotopic (exact) mass is 200 g/mol. The summed E-state index contributed by atoms with van der Waals surface area (Å²) in [7, 11) is 0. The van der Waals surface area contributed by atoms with Gasteiger partial charge in [-0.2, -0.15) is 0 Å². The summed E-state index contributed by atoms with van der Waals surface area (Å²) in [5.41, 5.74) is 2.39. The van der Waals surface area contributed by atoms with E-state index in [4.69, 9.17) is 0 Å². The Morgan fingerprint density at radius 1 is 1.21 bits per heavy atom. The predicted octanol–water partition coefficient (Wildman–Crippen LogP) is 2.68. The van der Waals surface area contributed by atoms with Gasteiger partial charge in [0, 0.05) is 4.90 Å². The first-order valence-electron chi connectivity index (χ1n) is 4.54. The molecule has 0 saturated carbocycles. The number of allylic oxidation sites excluding steroid dienone is 3. The van der Waals surface area contributed by atoms with Crippen molar-refractivity contribution in [3.05, 3.63) is 48.1 Å². The third-order valence-corrected chi connectivity index (χ3v) is 3.85. The number of carbonyl (C=O) groups excluding carboxylic acids is 1. The summed E-state index contributed by atoms with van der Waals surface area (Å²) >= 11 is 1.66. The summed E-state index contributed by atoms with van der Waals surface area (Å²) in [5.74, 6) is 0.212. The van der Waals surface area contributed by atoms with Gasteiger partial charge >= 0.3 is 0 Å². The smallest absolute Gasteiger partial charge is 0.173 e. The molecular weight excluding hydrogens is 192 g/mol. The minimum atomic E-state index is 0.0115. The van der Waals surface area contributed by atoms with Crippen LogP contribution in [0.5, 0.6) is 0 Å². The van der Waals surface area contributed by atoms with Gasteiger partial charge in [-0.05, 0) is 23.3 Å². The maximum absolute atomic E-state index is 11.6. The van der Waals surface area contributed by atoms with Crippen molar-refractivity contribution in [2.24, 2.45) is 0 Å². The molecule has 1 aromatic rings. The van der Waals surface area contributed by atoms with Gasteiger partial charge in [-0.25, -0.2) is 0 Å². The SMILES string of the molecule is O=C1C=CC=C2c3ccccc3SC12. The molecule has 0 spiro atoms. The van der Waals surface area contributed by atoms with E-state index in [0.717, 1.165) is 5.57 Å². The van der Waals surface area contributed by atoms with Crippen LogP contribution < -0.4 is 0 Å². The summed E-state index contributed by atoms with van der Waals surface area (Å²) < 4.78 is 0. The Bertz CT molecular complexity index is 471. The third-order valence-electron chi connectivity index (χ3n) is 2.52. The van der Waals surface area contributed by atoms with Crippen molar-refractivity contribution in [3.8, 4) is 0 Å². The second kappa shape index (κ2) is 2.85. The average molecular weight is 200 g/mol. The topological polar surface area (TPSA) is 17.1 Å². The van der Waals surface area contributed by atoms with Crippen molar-refractivity contribution in [1.82, 2.24) is 0 Å². The predicted molar refractivity (Wildman–Crippen MR) is 58.2 cm³/mol. The highest BCUT2D eigenvalue weighted by molar-refractivity contribution is 8.01. The zero-order chi connectivity index (χ0) is 9.54. The highest BCUT2D eigenvalue weighted by Gasteiger charge is 2.32. The maximum Gasteiger partial charge on any atom is 0.173 e. The second-order valence-corrected chi connectivity index (χ2v) is 4.52. The Morgan fingerprint density at radius 2 is 2.07 bits per heavy atom. The van der Waals surface area contributed by atoms with E-state index in [2.05, 4.69) is 12.1 Å². The molecule has 68 valence electrons. The quantitative estimate of drug-likeness (QED) is 0.640. The highest BCUT2D eigenvalue weighted by Crippen LogP contribution is 2.46. The molecule has 1 aliphatic heterocycles. The number of carbonyl (C=O) groups is 1. The minimum Gasteiger partial charge on any atom is -0.293 e. The van der Waals surface area contributed by atoms with Crippen LogP contribution in [0.25, 0.3) is 5.57 Å². The number of hydrogen-bond donors (Lipinski definition) is 0. The second-order valence-electron chi connectivity index (χ2n) is 3.38. The molecule has 0 saturated heterocycles. The van der Waals surface area contributed by atoms with Gasteiger partial charge in [-0.15, -0.1) is 11.8 Å². The Morgan fingerprint density at radius 3 is 3.00 bits per heavy atom. The summed E-state index contributed by atoms with van der Waals surface area (Å²) in [6.07, 6.45) is 5.55. The van der Waals surface area contributed by atoms with Crippen LogP contribution in [0, 0.1) is 0 Å². The van der Waals surface area contributed by atoms with E-state index in [9.17, 15) is 4.79 Å². The number of ketones is 1. The van der Waals surface area contributed by atoms with Crippen LogP contribution >= 0.6 is 11.8 Å². The van der Waals surface area contributed by atoms with Gasteiger partial charge < -0.3 is 0 Å². The van der Waals surface area contributed by atoms with Gasteiger partial charge in [0.25, 0.3) is 0 Å². The number of rotatable bonds is 0. The molecule has 0 N–H and O–H groups in total. The Balaban J connectivity index is 2.19. The van der Waals surface area contributed by atoms with Gasteiger partial charge in [0.15, 0.2) is 5.78 Å². The van der Waals surface area contributed by atoms with Crippen molar-refractivity contribution in [2.75, 3.05) is 0 Å². The van der Waals surface area contributed by atoms with Gasteiger partial charge in [0.05, 0.1) is 5.25 Å². The van der Waals surface area contributed by atoms with E-state index in [0.29, 0.717) is 0 Å². The molecule has 0 bridgehead atoms. The van der Waals surface area contributed by atoms with E-state index in [1.807, 2.05) is 24.3 Å². The Hall–Kier alpha value is -1.28. The first kappa shape index (κ1) is 8.06. The lowest BCUT2D eigenvalue weighted by atomic mass is 9.97. The van der Waals surface area contributed by atoms with E-state index < -0.39 is 0 Å². The van der Waals surface area contributed by atoms with E-state index in [-0.39, 0.29) is 11.0 Å². The van der Waals surface area contributed by atoms with Crippen molar-refractivity contribution in [1.29, 1.82) is 0 Å². The molecule has 1 aliphatic carbocycles. The molecule has 14 heavy (non-hydrogen) atoms. The largest absolute Gasteiger partial charge is 0.293 e. The van der Waals surface area contributed by atoms with Crippen LogP contribution in [0.15, 0.2) is 47.4 Å². The van der Waals surface area contributed by atoms with Crippen LogP contribution in [0.3, 0.4) is 0 Å². The molecule has 1 heterocycles. The average Bonchev–Trinajstić information content (AvgIpc) is 2.59. The highest BCUT2D eigenvalue weighted by atomic mass is 32.2. The molecule has 0 aromatic heterocycles. The maximum atomic E-state index is 11.6. The zero-order valence-electron chi connectivity index (χ0n) is 7.44. The van der Waals surface area contributed by atoms with Crippen molar-refractivity contribution in [2.45, 2.75) is 10.1 Å². The zero-order valence-corrected chi connectivity index (χ0v) is 8.25. The number of benzene rings is 1. The lowest BCUT2D eigenvalue weighted by Crippen LogP contribution is -2.14. The molecule has 2 heteroatoms. The van der Waals surface area contributed by atoms with Gasteiger partial charge in [-0.3, -0.25) is 4.79 Å². The van der Waals surface area contributed by atoms with Crippen LogP contribution in [-0.4, -0.2) is 11.0 Å². The summed E-state index contributed by atoms with van der Waals surface area (Å²) in [6.45, 7) is 0. The summed E-state index contributed by atoms with van der Waals surface area (Å²) in [6, 6.07) is 8.19. The number of thioether (sulfide) groups is 1. The van der Waals surface area contributed by atoms with Crippen LogP contribution in [0.1, 0.15) is 5.56 Å². The normalized spacial score (nSPS) is 23.0.